The zero-order chi connectivity index (χ0) is 28.9. The van der Waals surface area contributed by atoms with Crippen LogP contribution in [0.3, 0.4) is 0 Å². The standard InChI is InChI=1S/C24H17Cl2N3O2S2.C2HF3O2/c25-22-14-21(24(26)32-22)33(30)29-16-8-11-19-20(13-16)28-23(27-19)12-15-6-9-18(10-7-15)31-17-4-2-1-3-5-17;3-2(4,5)1(6)7/h1-11,13-14,29H,12H2,(H,27,28);(H,6,7). The van der Waals surface area contributed by atoms with Gasteiger partial charge in [0.05, 0.1) is 20.3 Å². The maximum atomic E-state index is 12.6. The molecule has 0 fully saturated rings. The molecule has 0 aliphatic heterocycles. The van der Waals surface area contributed by atoms with Crippen LogP contribution in [0, 0.1) is 0 Å². The Bertz CT molecular complexity index is 1640. The van der Waals surface area contributed by atoms with Crippen molar-refractivity contribution in [1.29, 1.82) is 0 Å². The Balaban J connectivity index is 0.000000470. The Morgan fingerprint density at radius 2 is 1.68 bits per heavy atom. The number of aromatic nitrogens is 2. The number of para-hydroxylation sites is 1. The van der Waals surface area contributed by atoms with Crippen LogP contribution in [0.5, 0.6) is 11.5 Å². The number of imidazole rings is 1. The summed E-state index contributed by atoms with van der Waals surface area (Å²) in [5.41, 5.74) is 3.49. The Hall–Kier alpha value is -3.58. The fraction of sp³-hybridized carbons (Fsp3) is 0.0769. The van der Waals surface area contributed by atoms with Crippen LogP contribution in [-0.4, -0.2) is 31.4 Å². The molecular formula is C26H18Cl2F3N3O4S2. The highest BCUT2D eigenvalue weighted by molar-refractivity contribution is 7.86. The summed E-state index contributed by atoms with van der Waals surface area (Å²) in [5.74, 6) is -0.331. The summed E-state index contributed by atoms with van der Waals surface area (Å²) in [6.07, 6.45) is -4.43. The van der Waals surface area contributed by atoms with Crippen molar-refractivity contribution in [3.63, 3.8) is 0 Å². The third-order valence-electron chi connectivity index (χ3n) is 5.08. The molecule has 2 aromatic heterocycles. The van der Waals surface area contributed by atoms with Crippen molar-refractivity contribution in [1.82, 2.24) is 9.97 Å². The third kappa shape index (κ3) is 7.98. The second-order valence-corrected chi connectivity index (χ2v) is 11.5. The van der Waals surface area contributed by atoms with E-state index in [9.17, 15) is 17.4 Å². The minimum atomic E-state index is -5.08. The summed E-state index contributed by atoms with van der Waals surface area (Å²) >= 11 is 13.3. The number of carbonyl (C=O) groups is 1. The minimum absolute atomic E-state index is 0.413. The van der Waals surface area contributed by atoms with Crippen molar-refractivity contribution in [2.75, 3.05) is 4.72 Å². The van der Waals surface area contributed by atoms with Crippen LogP contribution >= 0.6 is 34.5 Å². The molecule has 1 atom stereocenters. The van der Waals surface area contributed by atoms with Gasteiger partial charge in [-0.15, -0.1) is 11.3 Å². The third-order valence-corrected chi connectivity index (χ3v) is 7.95. The number of carboxylic acid groups (broad SMARTS) is 1. The molecule has 2 heterocycles. The number of hydrogen-bond donors (Lipinski definition) is 3. The van der Waals surface area contributed by atoms with Gasteiger partial charge >= 0.3 is 12.1 Å². The van der Waals surface area contributed by atoms with E-state index < -0.39 is 23.1 Å². The molecule has 0 amide bonds. The molecule has 0 saturated carbocycles. The number of carboxylic acids is 1. The number of halogens is 5. The molecule has 1 unspecified atom stereocenters. The maximum Gasteiger partial charge on any atom is 0.490 e. The maximum absolute atomic E-state index is 12.6. The lowest BCUT2D eigenvalue weighted by Crippen LogP contribution is -2.21. The molecule has 7 nitrogen and oxygen atoms in total. The van der Waals surface area contributed by atoms with Gasteiger partial charge in [-0.1, -0.05) is 53.5 Å². The summed E-state index contributed by atoms with van der Waals surface area (Å²) in [5, 5.41) is 7.12. The number of thiophene rings is 1. The van der Waals surface area contributed by atoms with Crippen molar-refractivity contribution >= 4 is 68.2 Å². The van der Waals surface area contributed by atoms with Gasteiger partial charge in [0.1, 0.15) is 21.7 Å². The number of fused-ring (bicyclic) bond motifs is 1. The van der Waals surface area contributed by atoms with E-state index in [1.165, 1.54) is 11.3 Å². The lowest BCUT2D eigenvalue weighted by atomic mass is 10.1. The number of H-pyrrole nitrogens is 1. The molecule has 5 rings (SSSR count). The molecule has 3 aromatic carbocycles. The quantitative estimate of drug-likeness (QED) is 0.169. The van der Waals surface area contributed by atoms with Crippen LogP contribution in [0.15, 0.2) is 83.8 Å². The smallest absolute Gasteiger partial charge is 0.475 e. The first kappa shape index (κ1) is 29.4. The normalized spacial score (nSPS) is 11.9. The predicted molar refractivity (Wildman–Crippen MR) is 150 cm³/mol. The molecule has 14 heteroatoms. The van der Waals surface area contributed by atoms with Gasteiger partial charge < -0.3 is 19.5 Å². The predicted octanol–water partition coefficient (Wildman–Crippen LogP) is 8.08. The minimum Gasteiger partial charge on any atom is -0.475 e. The molecule has 208 valence electrons. The number of rotatable bonds is 7. The van der Waals surface area contributed by atoms with Crippen molar-refractivity contribution in [3.05, 3.63) is 98.9 Å². The van der Waals surface area contributed by atoms with Gasteiger partial charge in [-0.3, -0.25) is 0 Å². The summed E-state index contributed by atoms with van der Waals surface area (Å²) in [6.45, 7) is 0. The van der Waals surface area contributed by atoms with E-state index in [0.29, 0.717) is 25.7 Å². The van der Waals surface area contributed by atoms with Gasteiger partial charge in [-0.05, 0) is 54.1 Å². The number of hydrogen-bond acceptors (Lipinski definition) is 5. The van der Waals surface area contributed by atoms with Crippen LogP contribution in [-0.2, 0) is 22.2 Å². The number of alkyl halides is 3. The molecule has 0 aliphatic carbocycles. The number of anilines is 1. The first-order valence-electron chi connectivity index (χ1n) is 11.2. The zero-order valence-corrected chi connectivity index (χ0v) is 23.2. The van der Waals surface area contributed by atoms with Gasteiger partial charge in [0, 0.05) is 12.1 Å². The molecule has 0 bridgehead atoms. The van der Waals surface area contributed by atoms with Gasteiger partial charge in [-0.2, -0.15) is 13.2 Å². The summed E-state index contributed by atoms with van der Waals surface area (Å²) in [4.78, 5) is 17.4. The average molecular weight is 628 g/mol. The Morgan fingerprint density at radius 3 is 2.27 bits per heavy atom. The van der Waals surface area contributed by atoms with Crippen LogP contribution in [0.2, 0.25) is 8.67 Å². The van der Waals surface area contributed by atoms with E-state index in [4.69, 9.17) is 37.8 Å². The number of nitrogens with one attached hydrogen (secondary N) is 2. The lowest BCUT2D eigenvalue weighted by Gasteiger charge is -2.06. The van der Waals surface area contributed by atoms with Gasteiger partial charge in [-0.25, -0.2) is 14.0 Å². The van der Waals surface area contributed by atoms with E-state index in [0.717, 1.165) is 33.9 Å². The molecule has 0 aliphatic rings. The Kier molecular flexibility index (Phi) is 9.36. The van der Waals surface area contributed by atoms with Crippen molar-refractivity contribution in [3.8, 4) is 11.5 Å². The van der Waals surface area contributed by atoms with E-state index >= 15 is 0 Å². The summed E-state index contributed by atoms with van der Waals surface area (Å²) in [6, 6.07) is 24.8. The average Bonchev–Trinajstić information content (AvgIpc) is 3.46. The Morgan fingerprint density at radius 1 is 1.02 bits per heavy atom. The summed E-state index contributed by atoms with van der Waals surface area (Å²) in [7, 11) is -1.51. The second-order valence-electron chi connectivity index (χ2n) is 8.01. The van der Waals surface area contributed by atoms with E-state index in [1.54, 1.807) is 6.07 Å². The fourth-order valence-corrected chi connectivity index (χ4v) is 6.11. The molecular weight excluding hydrogens is 610 g/mol. The molecule has 40 heavy (non-hydrogen) atoms. The van der Waals surface area contributed by atoms with Crippen LogP contribution < -0.4 is 9.46 Å². The molecule has 5 aromatic rings. The molecule has 0 radical (unpaired) electrons. The second kappa shape index (κ2) is 12.7. The molecule has 0 spiro atoms. The number of nitrogens with zero attached hydrogens (tertiary/aromatic N) is 1. The topological polar surface area (TPSA) is 104 Å². The van der Waals surface area contributed by atoms with Gasteiger partial charge in [0.2, 0.25) is 0 Å². The number of aromatic amines is 1. The largest absolute Gasteiger partial charge is 0.490 e. The number of aliphatic carboxylic acids is 1. The van der Waals surface area contributed by atoms with Crippen molar-refractivity contribution < 1.29 is 32.0 Å². The number of benzene rings is 3. The fourth-order valence-electron chi connectivity index (χ4n) is 3.32. The molecule has 0 saturated heterocycles. The van der Waals surface area contributed by atoms with E-state index in [-0.39, 0.29) is 0 Å². The first-order chi connectivity index (χ1) is 19.0. The van der Waals surface area contributed by atoms with Crippen molar-refractivity contribution in [2.24, 2.45) is 0 Å². The lowest BCUT2D eigenvalue weighted by molar-refractivity contribution is -0.192. The highest BCUT2D eigenvalue weighted by atomic mass is 35.5. The van der Waals surface area contributed by atoms with Crippen molar-refractivity contribution in [2.45, 2.75) is 17.5 Å². The van der Waals surface area contributed by atoms with Gasteiger partial charge in [0.15, 0.2) is 11.0 Å². The molecule has 3 N–H and O–H groups in total. The van der Waals surface area contributed by atoms with E-state index in [2.05, 4.69) is 14.7 Å². The number of ether oxygens (including phenoxy) is 1. The zero-order valence-electron chi connectivity index (χ0n) is 20.0. The van der Waals surface area contributed by atoms with Gasteiger partial charge in [0.25, 0.3) is 0 Å². The monoisotopic (exact) mass is 627 g/mol. The highest BCUT2D eigenvalue weighted by Crippen LogP contribution is 2.34. The SMILES string of the molecule is O=C(O)C(F)(F)F.O=S(Nc1ccc2nc(Cc3ccc(Oc4ccccc4)cc3)[nH]c2c1)c1cc(Cl)sc1Cl. The summed E-state index contributed by atoms with van der Waals surface area (Å²) < 4.78 is 54.1. The Labute approximate surface area is 242 Å². The first-order valence-corrected chi connectivity index (χ1v) is 13.9. The van der Waals surface area contributed by atoms with Crippen LogP contribution in [0.4, 0.5) is 18.9 Å². The highest BCUT2D eigenvalue weighted by Gasteiger charge is 2.38. The van der Waals surface area contributed by atoms with E-state index in [1.807, 2.05) is 72.8 Å². The van der Waals surface area contributed by atoms with Crippen LogP contribution in [0.25, 0.3) is 11.0 Å². The van der Waals surface area contributed by atoms with Crippen LogP contribution in [0.1, 0.15) is 11.4 Å².